The smallest absolute Gasteiger partial charge is 0.306 e. The number of carboxylic acids is 1. The van der Waals surface area contributed by atoms with E-state index in [1.165, 1.54) is 135 Å². The highest BCUT2D eigenvalue weighted by Gasteiger charge is 2.14. The van der Waals surface area contributed by atoms with Crippen LogP contribution in [0.3, 0.4) is 0 Å². The molecule has 0 saturated heterocycles. The van der Waals surface area contributed by atoms with Crippen LogP contribution in [0, 0.1) is 0 Å². The van der Waals surface area contributed by atoms with Gasteiger partial charge in [-0.1, -0.05) is 166 Å². The first-order valence-corrected chi connectivity index (χ1v) is 22.0. The van der Waals surface area contributed by atoms with E-state index in [9.17, 15) is 9.59 Å². The number of ether oxygens (including phenoxy) is 1. The number of carbonyl (C=O) groups is 2. The molecular weight excluding hydrogens is 617 g/mol. The van der Waals surface area contributed by atoms with Crippen molar-refractivity contribution < 1.29 is 19.4 Å². The summed E-state index contributed by atoms with van der Waals surface area (Å²) in [5.41, 5.74) is 0. The van der Waals surface area contributed by atoms with Gasteiger partial charge in [-0.3, -0.25) is 9.59 Å². The predicted octanol–water partition coefficient (Wildman–Crippen LogP) is 15.3. The first kappa shape index (κ1) is 48.2. The number of allylic oxidation sites excluding steroid dienone is 6. The Labute approximate surface area is 311 Å². The van der Waals surface area contributed by atoms with Crippen LogP contribution in [-0.2, 0) is 14.3 Å². The molecule has 1 N–H and O–H groups in total. The Kier molecular flexibility index (Phi) is 40.0. The third kappa shape index (κ3) is 40.6. The maximum absolute atomic E-state index is 12.7. The van der Waals surface area contributed by atoms with Gasteiger partial charge in [-0.2, -0.15) is 0 Å². The SMILES string of the molecule is CCCCCCC/C=C\C/C=C\CCCCCC(CCCCCCCC(=O)O)OC(=O)CCCCCCCCC/C=C\CCCCCCCC. The Morgan fingerprint density at radius 3 is 1.22 bits per heavy atom. The van der Waals surface area contributed by atoms with Gasteiger partial charge in [-0.15, -0.1) is 0 Å². The third-order valence-corrected chi connectivity index (χ3v) is 9.83. The molecule has 1 unspecified atom stereocenters. The second kappa shape index (κ2) is 41.6. The fourth-order valence-corrected chi connectivity index (χ4v) is 6.56. The molecule has 0 aliphatic heterocycles. The predicted molar refractivity (Wildman–Crippen MR) is 218 cm³/mol. The Hall–Kier alpha value is -1.84. The van der Waals surface area contributed by atoms with E-state index >= 15 is 0 Å². The van der Waals surface area contributed by atoms with E-state index in [0.717, 1.165) is 77.0 Å². The van der Waals surface area contributed by atoms with Gasteiger partial charge in [0.05, 0.1) is 0 Å². The minimum absolute atomic E-state index is 0.0128. The second-order valence-electron chi connectivity index (χ2n) is 14.9. The first-order chi connectivity index (χ1) is 24.6. The number of carbonyl (C=O) groups excluding carboxylic acids is 1. The van der Waals surface area contributed by atoms with Crippen LogP contribution < -0.4 is 0 Å². The van der Waals surface area contributed by atoms with Crippen molar-refractivity contribution in [2.45, 2.75) is 245 Å². The van der Waals surface area contributed by atoms with E-state index in [1.807, 2.05) is 0 Å². The lowest BCUT2D eigenvalue weighted by molar-refractivity contribution is -0.150. The number of hydrogen-bond acceptors (Lipinski definition) is 3. The standard InChI is InChI=1S/C46H84O4/c1-3-5-7-9-11-13-15-17-19-20-22-24-26-28-30-35-39-43-46(49)50-44(41-37-33-31-34-38-42-45(47)48)40-36-32-29-27-25-23-21-18-16-14-12-10-8-6-4-2/h16-19,23,25,44H,3-15,20-22,24,26-43H2,1-2H3,(H,47,48)/b18-16-,19-17-,25-23-. The number of esters is 1. The summed E-state index contributed by atoms with van der Waals surface area (Å²) < 4.78 is 6.01. The van der Waals surface area contributed by atoms with E-state index in [1.54, 1.807) is 0 Å². The number of unbranched alkanes of at least 4 members (excludes halogenated alkanes) is 25. The highest BCUT2D eigenvalue weighted by atomic mass is 16.5. The summed E-state index contributed by atoms with van der Waals surface area (Å²) in [5, 5.41) is 8.84. The van der Waals surface area contributed by atoms with Crippen molar-refractivity contribution in [1.82, 2.24) is 0 Å². The molecule has 0 amide bonds. The van der Waals surface area contributed by atoms with Gasteiger partial charge in [0, 0.05) is 12.8 Å². The zero-order valence-corrected chi connectivity index (χ0v) is 33.5. The van der Waals surface area contributed by atoms with Crippen molar-refractivity contribution in [2.75, 3.05) is 0 Å². The molecule has 0 radical (unpaired) electrons. The highest BCUT2D eigenvalue weighted by Crippen LogP contribution is 2.18. The summed E-state index contributed by atoms with van der Waals surface area (Å²) in [6.07, 6.45) is 54.5. The van der Waals surface area contributed by atoms with E-state index in [4.69, 9.17) is 9.84 Å². The topological polar surface area (TPSA) is 63.6 Å². The van der Waals surface area contributed by atoms with Gasteiger partial charge in [0.15, 0.2) is 0 Å². The van der Waals surface area contributed by atoms with Crippen molar-refractivity contribution in [2.24, 2.45) is 0 Å². The lowest BCUT2D eigenvalue weighted by Crippen LogP contribution is -2.18. The number of carboxylic acid groups (broad SMARTS) is 1. The molecule has 0 spiro atoms. The zero-order valence-electron chi connectivity index (χ0n) is 33.5. The number of hydrogen-bond donors (Lipinski definition) is 1. The molecule has 0 aromatic rings. The Balaban J connectivity index is 4.06. The summed E-state index contributed by atoms with van der Waals surface area (Å²) >= 11 is 0. The molecule has 1 atom stereocenters. The van der Waals surface area contributed by atoms with E-state index < -0.39 is 5.97 Å². The van der Waals surface area contributed by atoms with Gasteiger partial charge < -0.3 is 9.84 Å². The van der Waals surface area contributed by atoms with Crippen molar-refractivity contribution in [3.63, 3.8) is 0 Å². The highest BCUT2D eigenvalue weighted by molar-refractivity contribution is 5.69. The van der Waals surface area contributed by atoms with Crippen molar-refractivity contribution >= 4 is 11.9 Å². The molecule has 50 heavy (non-hydrogen) atoms. The van der Waals surface area contributed by atoms with Crippen LogP contribution >= 0.6 is 0 Å². The van der Waals surface area contributed by atoms with Gasteiger partial charge in [0.1, 0.15) is 6.10 Å². The van der Waals surface area contributed by atoms with Gasteiger partial charge in [-0.05, 0) is 96.3 Å². The molecule has 0 fully saturated rings. The maximum Gasteiger partial charge on any atom is 0.306 e. The maximum atomic E-state index is 12.7. The van der Waals surface area contributed by atoms with Crippen molar-refractivity contribution in [3.8, 4) is 0 Å². The normalized spacial score (nSPS) is 12.5. The van der Waals surface area contributed by atoms with Gasteiger partial charge >= 0.3 is 11.9 Å². The van der Waals surface area contributed by atoms with E-state index in [2.05, 4.69) is 50.3 Å². The van der Waals surface area contributed by atoms with Crippen LogP contribution in [0.2, 0.25) is 0 Å². The van der Waals surface area contributed by atoms with Gasteiger partial charge in [-0.25, -0.2) is 0 Å². The molecule has 0 heterocycles. The average molecular weight is 701 g/mol. The molecule has 0 saturated carbocycles. The lowest BCUT2D eigenvalue weighted by atomic mass is 10.0. The van der Waals surface area contributed by atoms with Crippen molar-refractivity contribution in [1.29, 1.82) is 0 Å². The number of rotatable bonds is 40. The van der Waals surface area contributed by atoms with Crippen LogP contribution in [0.5, 0.6) is 0 Å². The largest absolute Gasteiger partial charge is 0.481 e. The molecule has 0 aliphatic carbocycles. The van der Waals surface area contributed by atoms with Crippen LogP contribution in [0.15, 0.2) is 36.5 Å². The quantitative estimate of drug-likeness (QED) is 0.0393. The monoisotopic (exact) mass is 701 g/mol. The fraction of sp³-hybridized carbons (Fsp3) is 0.826. The third-order valence-electron chi connectivity index (χ3n) is 9.83. The number of aliphatic carboxylic acids is 1. The minimum atomic E-state index is -0.704. The molecule has 0 aromatic heterocycles. The summed E-state index contributed by atoms with van der Waals surface area (Å²) in [5.74, 6) is -0.716. The summed E-state index contributed by atoms with van der Waals surface area (Å²) in [6, 6.07) is 0. The zero-order chi connectivity index (χ0) is 36.4. The van der Waals surface area contributed by atoms with Crippen LogP contribution in [0.1, 0.15) is 239 Å². The van der Waals surface area contributed by atoms with Gasteiger partial charge in [0.2, 0.25) is 0 Å². The van der Waals surface area contributed by atoms with Crippen molar-refractivity contribution in [3.05, 3.63) is 36.5 Å². The summed E-state index contributed by atoms with van der Waals surface area (Å²) in [7, 11) is 0. The Bertz CT molecular complexity index is 798. The Morgan fingerprint density at radius 2 is 0.780 bits per heavy atom. The molecule has 292 valence electrons. The lowest BCUT2D eigenvalue weighted by Gasteiger charge is -2.18. The molecule has 0 aliphatic rings. The van der Waals surface area contributed by atoms with Crippen LogP contribution in [-0.4, -0.2) is 23.1 Å². The molecule has 0 bridgehead atoms. The van der Waals surface area contributed by atoms with Crippen LogP contribution in [0.4, 0.5) is 0 Å². The molecule has 4 heteroatoms. The molecule has 4 nitrogen and oxygen atoms in total. The second-order valence-corrected chi connectivity index (χ2v) is 14.9. The minimum Gasteiger partial charge on any atom is -0.481 e. The Morgan fingerprint density at radius 1 is 0.440 bits per heavy atom. The molecule has 0 rings (SSSR count). The van der Waals surface area contributed by atoms with Gasteiger partial charge in [0.25, 0.3) is 0 Å². The van der Waals surface area contributed by atoms with E-state index in [-0.39, 0.29) is 18.5 Å². The van der Waals surface area contributed by atoms with E-state index in [0.29, 0.717) is 6.42 Å². The molecular formula is C46H84O4. The summed E-state index contributed by atoms with van der Waals surface area (Å²) in [6.45, 7) is 4.54. The fourth-order valence-electron chi connectivity index (χ4n) is 6.56. The molecule has 0 aromatic carbocycles. The first-order valence-electron chi connectivity index (χ1n) is 22.0. The average Bonchev–Trinajstić information content (AvgIpc) is 3.10. The van der Waals surface area contributed by atoms with Crippen LogP contribution in [0.25, 0.3) is 0 Å². The summed E-state index contributed by atoms with van der Waals surface area (Å²) in [4.78, 5) is 23.5.